The third-order valence-electron chi connectivity index (χ3n) is 7.10. The molecule has 1 saturated heterocycles. The van der Waals surface area contributed by atoms with Crippen LogP contribution in [0.25, 0.3) is 34.3 Å². The van der Waals surface area contributed by atoms with E-state index in [1.807, 2.05) is 111 Å². The zero-order valence-corrected chi connectivity index (χ0v) is 23.7. The van der Waals surface area contributed by atoms with Gasteiger partial charge in [0.25, 0.3) is 11.8 Å². The summed E-state index contributed by atoms with van der Waals surface area (Å²) < 4.78 is 2.09. The first-order chi connectivity index (χ1) is 20.3. The molecule has 0 aliphatic carbocycles. The molecule has 0 unspecified atom stereocenters. The summed E-state index contributed by atoms with van der Waals surface area (Å²) in [5, 5.41) is 2.96. The van der Waals surface area contributed by atoms with Crippen LogP contribution in [0.5, 0.6) is 0 Å². The molecule has 4 aromatic carbocycles. The Bertz CT molecular complexity index is 1850. The van der Waals surface area contributed by atoms with Crippen LogP contribution in [0.15, 0.2) is 115 Å². The van der Waals surface area contributed by atoms with Crippen molar-refractivity contribution in [3.05, 3.63) is 136 Å². The number of hydrogen-bond acceptors (Lipinski definition) is 3. The number of nitrogens with zero attached hydrogens (tertiary/aromatic N) is 2. The molecule has 6 nitrogen and oxygen atoms in total. The number of benzene rings is 4. The fourth-order valence-electron chi connectivity index (χ4n) is 5.34. The number of carbonyl (C=O) groups excluding carboxylic acids is 3. The first-order valence-corrected chi connectivity index (χ1v) is 13.8. The quantitative estimate of drug-likeness (QED) is 0.173. The highest BCUT2D eigenvalue weighted by molar-refractivity contribution is 6.39. The summed E-state index contributed by atoms with van der Waals surface area (Å²) in [7, 11) is 0. The van der Waals surface area contributed by atoms with E-state index in [0.717, 1.165) is 44.2 Å². The number of halogens is 1. The number of anilines is 1. The van der Waals surface area contributed by atoms with Crippen molar-refractivity contribution in [3.63, 3.8) is 0 Å². The highest BCUT2D eigenvalue weighted by Gasteiger charge is 2.37. The number of urea groups is 1. The van der Waals surface area contributed by atoms with E-state index in [-0.39, 0.29) is 5.57 Å². The Morgan fingerprint density at radius 2 is 1.29 bits per heavy atom. The minimum Gasteiger partial charge on any atom is -0.309 e. The number of barbiturate groups is 1. The molecule has 1 aliphatic rings. The first-order valence-electron chi connectivity index (χ1n) is 13.4. The molecule has 0 bridgehead atoms. The van der Waals surface area contributed by atoms with E-state index >= 15 is 0 Å². The topological polar surface area (TPSA) is 71.4 Å². The molecule has 7 heteroatoms. The van der Waals surface area contributed by atoms with Gasteiger partial charge in [0.05, 0.1) is 17.1 Å². The predicted octanol–water partition coefficient (Wildman–Crippen LogP) is 7.75. The largest absolute Gasteiger partial charge is 0.335 e. The zero-order valence-electron chi connectivity index (χ0n) is 23.0. The molecule has 206 valence electrons. The van der Waals surface area contributed by atoms with Crippen LogP contribution in [0.1, 0.15) is 16.7 Å². The second kappa shape index (κ2) is 11.0. The van der Waals surface area contributed by atoms with Gasteiger partial charge in [-0.05, 0) is 84.6 Å². The van der Waals surface area contributed by atoms with Gasteiger partial charge in [-0.1, -0.05) is 78.3 Å². The Hall–Kier alpha value is -5.20. The molecular formula is C35H26ClN3O3. The van der Waals surface area contributed by atoms with Crippen LogP contribution < -0.4 is 10.2 Å². The molecule has 0 radical (unpaired) electrons. The van der Waals surface area contributed by atoms with Gasteiger partial charge in [0.2, 0.25) is 0 Å². The maximum atomic E-state index is 13.8. The van der Waals surface area contributed by atoms with Gasteiger partial charge < -0.3 is 4.57 Å². The lowest BCUT2D eigenvalue weighted by molar-refractivity contribution is -0.122. The summed E-state index contributed by atoms with van der Waals surface area (Å²) in [6, 6.07) is 33.8. The van der Waals surface area contributed by atoms with Crippen LogP contribution in [0.3, 0.4) is 0 Å². The fraction of sp³-hybridized carbons (Fsp3) is 0.0571. The summed E-state index contributed by atoms with van der Waals surface area (Å²) in [4.78, 5) is 41.0. The summed E-state index contributed by atoms with van der Waals surface area (Å²) >= 11 is 6.24. The van der Waals surface area contributed by atoms with Crippen molar-refractivity contribution in [2.75, 3.05) is 4.90 Å². The van der Waals surface area contributed by atoms with E-state index in [1.54, 1.807) is 18.2 Å². The summed E-state index contributed by atoms with van der Waals surface area (Å²) in [5.74, 6) is -1.43. The predicted molar refractivity (Wildman–Crippen MR) is 167 cm³/mol. The van der Waals surface area contributed by atoms with E-state index < -0.39 is 17.8 Å². The van der Waals surface area contributed by atoms with Gasteiger partial charge >= 0.3 is 6.03 Å². The molecule has 5 aromatic rings. The third kappa shape index (κ3) is 5.04. The SMILES string of the molecule is Cc1cc(C)cc(N2C(=O)NC(=O)C(=Cc3cc(-c4ccccc4)n(-c4ccc(Cl)cc4)c3-c3ccccc3)C2=O)c1. The fourth-order valence-corrected chi connectivity index (χ4v) is 5.46. The Morgan fingerprint density at radius 3 is 1.90 bits per heavy atom. The molecule has 1 aliphatic heterocycles. The number of rotatable bonds is 5. The van der Waals surface area contributed by atoms with Crippen LogP contribution >= 0.6 is 11.6 Å². The van der Waals surface area contributed by atoms with Crippen molar-refractivity contribution in [2.24, 2.45) is 0 Å². The van der Waals surface area contributed by atoms with Gasteiger partial charge in [-0.15, -0.1) is 0 Å². The van der Waals surface area contributed by atoms with Crippen LogP contribution in [0.4, 0.5) is 10.5 Å². The Balaban J connectivity index is 1.60. The normalized spacial score (nSPS) is 14.4. The number of aromatic nitrogens is 1. The molecule has 2 heterocycles. The highest BCUT2D eigenvalue weighted by Crippen LogP contribution is 2.38. The standard InChI is InChI=1S/C35H26ClN3O3/c1-22-17-23(2)19-29(18-22)39-34(41)30(33(40)37-35(39)42)20-26-21-31(24-9-5-3-6-10-24)38(28-15-13-27(36)14-16-28)32(26)25-11-7-4-8-12-25/h3-21H,1-2H3,(H,37,40,42). The minimum atomic E-state index is -0.779. The maximum absolute atomic E-state index is 13.8. The molecule has 0 spiro atoms. The summed E-state index contributed by atoms with van der Waals surface area (Å²) in [6.07, 6.45) is 1.57. The molecule has 4 amide bonds. The monoisotopic (exact) mass is 571 g/mol. The van der Waals surface area contributed by atoms with Crippen LogP contribution in [0.2, 0.25) is 5.02 Å². The van der Waals surface area contributed by atoms with Crippen molar-refractivity contribution in [1.82, 2.24) is 9.88 Å². The van der Waals surface area contributed by atoms with Crippen molar-refractivity contribution in [1.29, 1.82) is 0 Å². The lowest BCUT2D eigenvalue weighted by atomic mass is 10.0. The van der Waals surface area contributed by atoms with Gasteiger partial charge in [0, 0.05) is 16.3 Å². The number of amides is 4. The van der Waals surface area contributed by atoms with Gasteiger partial charge in [-0.2, -0.15) is 0 Å². The van der Waals surface area contributed by atoms with Gasteiger partial charge in [0.1, 0.15) is 5.57 Å². The summed E-state index contributed by atoms with van der Waals surface area (Å²) in [5.41, 5.74) is 7.01. The molecule has 1 aromatic heterocycles. The van der Waals surface area contributed by atoms with Gasteiger partial charge in [0.15, 0.2) is 0 Å². The number of carbonyl (C=O) groups is 3. The molecule has 0 saturated carbocycles. The van der Waals surface area contributed by atoms with E-state index in [4.69, 9.17) is 11.6 Å². The van der Waals surface area contributed by atoms with Crippen molar-refractivity contribution in [2.45, 2.75) is 13.8 Å². The summed E-state index contributed by atoms with van der Waals surface area (Å²) in [6.45, 7) is 3.78. The molecule has 42 heavy (non-hydrogen) atoms. The van der Waals surface area contributed by atoms with E-state index in [0.29, 0.717) is 16.3 Å². The number of imide groups is 2. The average Bonchev–Trinajstić information content (AvgIpc) is 3.35. The van der Waals surface area contributed by atoms with Crippen molar-refractivity contribution < 1.29 is 14.4 Å². The molecule has 0 atom stereocenters. The lowest BCUT2D eigenvalue weighted by Gasteiger charge is -2.27. The first kappa shape index (κ1) is 27.0. The second-order valence-electron chi connectivity index (χ2n) is 10.2. The van der Waals surface area contributed by atoms with Crippen LogP contribution in [-0.2, 0) is 9.59 Å². The van der Waals surface area contributed by atoms with E-state index in [1.165, 1.54) is 0 Å². The van der Waals surface area contributed by atoms with Crippen LogP contribution in [0, 0.1) is 13.8 Å². The molecule has 6 rings (SSSR count). The van der Waals surface area contributed by atoms with Crippen molar-refractivity contribution >= 4 is 41.2 Å². The smallest absolute Gasteiger partial charge is 0.309 e. The lowest BCUT2D eigenvalue weighted by Crippen LogP contribution is -2.54. The Morgan fingerprint density at radius 1 is 0.690 bits per heavy atom. The Labute approximate surface area is 248 Å². The molecule has 1 N–H and O–H groups in total. The number of hydrogen-bond donors (Lipinski definition) is 1. The van der Waals surface area contributed by atoms with Crippen LogP contribution in [-0.4, -0.2) is 22.4 Å². The average molecular weight is 572 g/mol. The minimum absolute atomic E-state index is 0.140. The van der Waals surface area contributed by atoms with E-state index in [2.05, 4.69) is 9.88 Å². The highest BCUT2D eigenvalue weighted by atomic mass is 35.5. The van der Waals surface area contributed by atoms with Gasteiger partial charge in [-0.3, -0.25) is 14.9 Å². The number of nitrogens with one attached hydrogen (secondary N) is 1. The molecule has 1 fully saturated rings. The second-order valence-corrected chi connectivity index (χ2v) is 10.6. The van der Waals surface area contributed by atoms with Gasteiger partial charge in [-0.25, -0.2) is 9.69 Å². The van der Waals surface area contributed by atoms with E-state index in [9.17, 15) is 14.4 Å². The number of aryl methyl sites for hydroxylation is 2. The Kier molecular flexibility index (Phi) is 7.07. The third-order valence-corrected chi connectivity index (χ3v) is 7.35. The zero-order chi connectivity index (χ0) is 29.4. The molecular weight excluding hydrogens is 546 g/mol. The maximum Gasteiger partial charge on any atom is 0.335 e. The van der Waals surface area contributed by atoms with Crippen molar-refractivity contribution in [3.8, 4) is 28.2 Å².